The predicted molar refractivity (Wildman–Crippen MR) is 124 cm³/mol. The SMILES string of the molecule is CCOC(=O)C1=C(CN2CCC[C@@H](C(=O)OCC)C2)N(CC)C(=O)N[C@H]1c1ccccc1C. The molecule has 1 aromatic rings. The highest BCUT2D eigenvalue weighted by Gasteiger charge is 2.39. The summed E-state index contributed by atoms with van der Waals surface area (Å²) >= 11 is 0. The Labute approximate surface area is 195 Å². The number of carbonyl (C=O) groups is 3. The molecule has 0 aromatic heterocycles. The van der Waals surface area contributed by atoms with Crippen LogP contribution in [0.3, 0.4) is 0 Å². The number of ether oxygens (including phenoxy) is 2. The highest BCUT2D eigenvalue weighted by molar-refractivity contribution is 5.95. The van der Waals surface area contributed by atoms with E-state index in [4.69, 9.17) is 9.47 Å². The van der Waals surface area contributed by atoms with Crippen LogP contribution in [0.2, 0.25) is 0 Å². The fourth-order valence-electron chi connectivity index (χ4n) is 4.67. The maximum Gasteiger partial charge on any atom is 0.338 e. The molecule has 0 aliphatic carbocycles. The Morgan fingerprint density at radius 2 is 1.85 bits per heavy atom. The van der Waals surface area contributed by atoms with Crippen LogP contribution in [0.15, 0.2) is 35.5 Å². The average Bonchev–Trinajstić information content (AvgIpc) is 2.79. The van der Waals surface area contributed by atoms with Gasteiger partial charge in [-0.05, 0) is 58.2 Å². The molecule has 2 atom stereocenters. The Morgan fingerprint density at radius 3 is 2.52 bits per heavy atom. The highest BCUT2D eigenvalue weighted by atomic mass is 16.5. The van der Waals surface area contributed by atoms with Crippen molar-refractivity contribution in [2.45, 2.75) is 46.6 Å². The first kappa shape index (κ1) is 24.8. The van der Waals surface area contributed by atoms with Crippen molar-refractivity contribution < 1.29 is 23.9 Å². The maximum absolute atomic E-state index is 13.2. The molecule has 1 aromatic carbocycles. The van der Waals surface area contributed by atoms with E-state index in [1.165, 1.54) is 0 Å². The van der Waals surface area contributed by atoms with Gasteiger partial charge in [-0.2, -0.15) is 0 Å². The van der Waals surface area contributed by atoms with Gasteiger partial charge in [0.2, 0.25) is 0 Å². The number of urea groups is 1. The van der Waals surface area contributed by atoms with Crippen molar-refractivity contribution in [3.8, 4) is 0 Å². The molecule has 0 radical (unpaired) electrons. The Bertz CT molecular complexity index is 913. The van der Waals surface area contributed by atoms with Crippen molar-refractivity contribution in [2.75, 3.05) is 39.4 Å². The number of likely N-dealkylation sites (N-methyl/N-ethyl adjacent to an activating group) is 1. The van der Waals surface area contributed by atoms with Crippen LogP contribution >= 0.6 is 0 Å². The molecule has 8 heteroatoms. The lowest BCUT2D eigenvalue weighted by Gasteiger charge is -2.40. The highest BCUT2D eigenvalue weighted by Crippen LogP contribution is 2.34. The minimum absolute atomic E-state index is 0.187. The van der Waals surface area contributed by atoms with Gasteiger partial charge in [0, 0.05) is 25.3 Å². The fourth-order valence-corrected chi connectivity index (χ4v) is 4.67. The first-order valence-corrected chi connectivity index (χ1v) is 11.8. The summed E-state index contributed by atoms with van der Waals surface area (Å²) in [5, 5.41) is 3.01. The zero-order valence-corrected chi connectivity index (χ0v) is 20.1. The number of hydrogen-bond acceptors (Lipinski definition) is 6. The molecule has 0 bridgehead atoms. The molecule has 8 nitrogen and oxygen atoms in total. The molecule has 1 N–H and O–H groups in total. The monoisotopic (exact) mass is 457 g/mol. The lowest BCUT2D eigenvalue weighted by Crippen LogP contribution is -2.52. The van der Waals surface area contributed by atoms with Crippen LogP contribution in [0.4, 0.5) is 4.79 Å². The summed E-state index contributed by atoms with van der Waals surface area (Å²) in [6.07, 6.45) is 1.63. The Hall–Kier alpha value is -2.87. The second-order valence-electron chi connectivity index (χ2n) is 8.39. The standard InChI is InChI=1S/C25H35N3O5/c1-5-28-20(16-27-14-10-12-18(15-27)23(29)32-6-2)21(24(30)33-7-3)22(26-25(28)31)19-13-9-8-11-17(19)4/h8-9,11,13,18,22H,5-7,10,12,14-16H2,1-4H3,(H,26,31)/t18-,22+/m1/s1. The topological polar surface area (TPSA) is 88.2 Å². The fraction of sp³-hybridized carbons (Fsp3) is 0.560. The Kier molecular flexibility index (Phi) is 8.49. The summed E-state index contributed by atoms with van der Waals surface area (Å²) in [4.78, 5) is 42.4. The quantitative estimate of drug-likeness (QED) is 0.604. The molecule has 2 amide bonds. The van der Waals surface area contributed by atoms with Gasteiger partial charge in [0.15, 0.2) is 0 Å². The molecule has 0 spiro atoms. The summed E-state index contributed by atoms with van der Waals surface area (Å²) in [6, 6.07) is 6.88. The summed E-state index contributed by atoms with van der Waals surface area (Å²) in [5.41, 5.74) is 2.93. The van der Waals surface area contributed by atoms with Gasteiger partial charge in [-0.1, -0.05) is 24.3 Å². The van der Waals surface area contributed by atoms with Gasteiger partial charge >= 0.3 is 18.0 Å². The van der Waals surface area contributed by atoms with Crippen molar-refractivity contribution in [1.29, 1.82) is 0 Å². The summed E-state index contributed by atoms with van der Waals surface area (Å²) in [6.45, 7) is 10.1. The lowest BCUT2D eigenvalue weighted by atomic mass is 9.91. The van der Waals surface area contributed by atoms with Crippen molar-refractivity contribution in [3.05, 3.63) is 46.7 Å². The molecular weight excluding hydrogens is 422 g/mol. The molecule has 2 heterocycles. The Balaban J connectivity index is 2.02. The third-order valence-corrected chi connectivity index (χ3v) is 6.25. The van der Waals surface area contributed by atoms with Crippen molar-refractivity contribution in [3.63, 3.8) is 0 Å². The van der Waals surface area contributed by atoms with E-state index in [1.807, 2.05) is 38.1 Å². The number of hydrogen-bond donors (Lipinski definition) is 1. The van der Waals surface area contributed by atoms with Gasteiger partial charge in [0.25, 0.3) is 0 Å². The first-order valence-electron chi connectivity index (χ1n) is 11.8. The van der Waals surface area contributed by atoms with Crippen LogP contribution in [-0.4, -0.2) is 67.2 Å². The van der Waals surface area contributed by atoms with Crippen molar-refractivity contribution in [2.24, 2.45) is 5.92 Å². The van der Waals surface area contributed by atoms with Crippen LogP contribution in [0.5, 0.6) is 0 Å². The van der Waals surface area contributed by atoms with Crippen LogP contribution in [0.1, 0.15) is 50.8 Å². The largest absolute Gasteiger partial charge is 0.466 e. The third kappa shape index (κ3) is 5.55. The number of esters is 2. The summed E-state index contributed by atoms with van der Waals surface area (Å²) < 4.78 is 10.7. The maximum atomic E-state index is 13.2. The van der Waals surface area contributed by atoms with Gasteiger partial charge in [-0.25, -0.2) is 9.59 Å². The second kappa shape index (κ2) is 11.3. The van der Waals surface area contributed by atoms with Gasteiger partial charge < -0.3 is 14.8 Å². The molecule has 0 saturated carbocycles. The van der Waals surface area contributed by atoms with E-state index in [0.717, 1.165) is 30.5 Å². The third-order valence-electron chi connectivity index (χ3n) is 6.25. The van der Waals surface area contributed by atoms with Gasteiger partial charge in [0.05, 0.1) is 30.7 Å². The molecule has 2 aliphatic rings. The number of aryl methyl sites for hydroxylation is 1. The number of piperidine rings is 1. The van der Waals surface area contributed by atoms with Crippen molar-refractivity contribution >= 4 is 18.0 Å². The molecule has 1 saturated heterocycles. The van der Waals surface area contributed by atoms with E-state index in [0.29, 0.717) is 37.5 Å². The number of benzene rings is 1. The summed E-state index contributed by atoms with van der Waals surface area (Å²) in [5.74, 6) is -0.823. The van der Waals surface area contributed by atoms with E-state index >= 15 is 0 Å². The minimum Gasteiger partial charge on any atom is -0.466 e. The zero-order valence-electron chi connectivity index (χ0n) is 20.1. The lowest BCUT2D eigenvalue weighted by molar-refractivity contribution is -0.150. The number of likely N-dealkylation sites (tertiary alicyclic amines) is 1. The van der Waals surface area contributed by atoms with Crippen molar-refractivity contribution in [1.82, 2.24) is 15.1 Å². The minimum atomic E-state index is -0.596. The number of rotatable bonds is 8. The molecule has 2 aliphatic heterocycles. The van der Waals surface area contributed by atoms with Crippen LogP contribution in [0, 0.1) is 12.8 Å². The molecule has 1 fully saturated rings. The van der Waals surface area contributed by atoms with E-state index in [2.05, 4.69) is 10.2 Å². The number of nitrogens with one attached hydrogen (secondary N) is 1. The van der Waals surface area contributed by atoms with Crippen LogP contribution in [0.25, 0.3) is 0 Å². The smallest absolute Gasteiger partial charge is 0.338 e. The Morgan fingerprint density at radius 1 is 1.12 bits per heavy atom. The molecule has 0 unspecified atom stereocenters. The molecular formula is C25H35N3O5. The number of nitrogens with zero attached hydrogens (tertiary/aromatic N) is 2. The van der Waals surface area contributed by atoms with E-state index in [9.17, 15) is 14.4 Å². The molecule has 180 valence electrons. The molecule has 33 heavy (non-hydrogen) atoms. The number of amides is 2. The molecule has 3 rings (SSSR count). The van der Waals surface area contributed by atoms with Gasteiger partial charge in [-0.15, -0.1) is 0 Å². The van der Waals surface area contributed by atoms with E-state index < -0.39 is 12.0 Å². The van der Waals surface area contributed by atoms with Gasteiger partial charge in [-0.3, -0.25) is 14.6 Å². The van der Waals surface area contributed by atoms with Crippen LogP contribution in [-0.2, 0) is 19.1 Å². The second-order valence-corrected chi connectivity index (χ2v) is 8.39. The van der Waals surface area contributed by atoms with Crippen LogP contribution < -0.4 is 5.32 Å². The normalized spacial score (nSPS) is 21.6. The predicted octanol–water partition coefficient (Wildman–Crippen LogP) is 3.17. The van der Waals surface area contributed by atoms with E-state index in [1.54, 1.807) is 18.7 Å². The average molecular weight is 458 g/mol. The first-order chi connectivity index (χ1) is 15.9. The summed E-state index contributed by atoms with van der Waals surface area (Å²) in [7, 11) is 0. The van der Waals surface area contributed by atoms with Gasteiger partial charge in [0.1, 0.15) is 0 Å². The van der Waals surface area contributed by atoms with E-state index in [-0.39, 0.29) is 24.5 Å². The number of carbonyl (C=O) groups excluding carboxylic acids is 3. The zero-order chi connectivity index (χ0) is 24.0.